The number of nitriles is 1. The van der Waals surface area contributed by atoms with Crippen LogP contribution in [0.5, 0.6) is 0 Å². The summed E-state index contributed by atoms with van der Waals surface area (Å²) >= 11 is 6.31. The van der Waals surface area contributed by atoms with Gasteiger partial charge in [-0.15, -0.1) is 0 Å². The molecule has 1 aromatic heterocycles. The van der Waals surface area contributed by atoms with Gasteiger partial charge < -0.3 is 9.80 Å². The summed E-state index contributed by atoms with van der Waals surface area (Å²) in [6.45, 7) is 8.53. The maximum Gasteiger partial charge on any atom is 0.255 e. The van der Waals surface area contributed by atoms with E-state index in [2.05, 4.69) is 78.1 Å². The Hall–Kier alpha value is -5.66. The van der Waals surface area contributed by atoms with Crippen LogP contribution in [0.4, 0.5) is 0 Å². The zero-order valence-corrected chi connectivity index (χ0v) is 33.9. The van der Waals surface area contributed by atoms with Gasteiger partial charge in [0, 0.05) is 59.3 Å². The third-order valence-electron chi connectivity index (χ3n) is 12.5. The van der Waals surface area contributed by atoms with E-state index in [1.807, 2.05) is 35.0 Å². The lowest BCUT2D eigenvalue weighted by molar-refractivity contribution is -0.136. The highest BCUT2D eigenvalue weighted by atomic mass is 35.5. The molecule has 3 amide bonds. The van der Waals surface area contributed by atoms with Gasteiger partial charge in [0.2, 0.25) is 11.8 Å². The van der Waals surface area contributed by atoms with Crippen LogP contribution in [0.15, 0.2) is 60.7 Å². The van der Waals surface area contributed by atoms with Crippen molar-refractivity contribution in [2.45, 2.75) is 84.3 Å². The van der Waals surface area contributed by atoms with E-state index in [-0.39, 0.29) is 24.1 Å². The quantitative estimate of drug-likeness (QED) is 0.161. The highest BCUT2D eigenvalue weighted by molar-refractivity contribution is 6.32. The summed E-state index contributed by atoms with van der Waals surface area (Å²) in [7, 11) is 0. The molecule has 1 N–H and O–H groups in total. The number of rotatable bonds is 6. The molecule has 0 spiro atoms. The van der Waals surface area contributed by atoms with Crippen molar-refractivity contribution in [1.29, 1.82) is 5.26 Å². The van der Waals surface area contributed by atoms with Crippen molar-refractivity contribution in [2.24, 2.45) is 17.8 Å². The Morgan fingerprint density at radius 1 is 0.845 bits per heavy atom. The minimum absolute atomic E-state index is 0.154. The Labute approximate surface area is 345 Å². The SMILES string of the molecule is Cc1c(-c2ccc(C#N)c(Cl)c2)nn(Cc2ccc(C#CC3CCN(CC4CCC(C#Cc5ccc6c(c5)CN(C5CCC(=O)NC5=O)C6=O)CC4)CC3)cc2)c1C. The topological polar surface area (TPSA) is 111 Å². The van der Waals surface area contributed by atoms with Crippen molar-refractivity contribution < 1.29 is 14.4 Å². The number of likely N-dealkylation sites (tertiary alicyclic amines) is 1. The second-order valence-corrected chi connectivity index (χ2v) is 16.7. The average molecular weight is 791 g/mol. The third-order valence-corrected chi connectivity index (χ3v) is 12.8. The molecule has 1 unspecified atom stereocenters. The first-order valence-corrected chi connectivity index (χ1v) is 20.9. The number of nitrogens with zero attached hydrogens (tertiary/aromatic N) is 5. The molecule has 58 heavy (non-hydrogen) atoms. The Kier molecular flexibility index (Phi) is 11.5. The van der Waals surface area contributed by atoms with E-state index < -0.39 is 6.04 Å². The van der Waals surface area contributed by atoms with Crippen LogP contribution in [0, 0.1) is 66.6 Å². The van der Waals surface area contributed by atoms with Crippen LogP contribution >= 0.6 is 11.6 Å². The van der Waals surface area contributed by atoms with Crippen molar-refractivity contribution in [2.75, 3.05) is 19.6 Å². The zero-order valence-electron chi connectivity index (χ0n) is 33.1. The van der Waals surface area contributed by atoms with Gasteiger partial charge in [-0.25, -0.2) is 0 Å². The molecule has 1 atom stereocenters. The Bertz CT molecular complexity index is 2420. The van der Waals surface area contributed by atoms with E-state index in [0.717, 1.165) is 90.1 Å². The molecule has 3 aromatic carbocycles. The van der Waals surface area contributed by atoms with Crippen molar-refractivity contribution >= 4 is 29.3 Å². The van der Waals surface area contributed by atoms with E-state index in [1.54, 1.807) is 11.0 Å². The van der Waals surface area contributed by atoms with E-state index in [9.17, 15) is 19.6 Å². The largest absolute Gasteiger partial charge is 0.322 e. The number of nitrogens with one attached hydrogen (secondary N) is 1. The number of hydrogen-bond donors (Lipinski definition) is 1. The fourth-order valence-corrected chi connectivity index (χ4v) is 9.04. The number of fused-ring (bicyclic) bond motifs is 1. The molecule has 294 valence electrons. The minimum atomic E-state index is -0.604. The summed E-state index contributed by atoms with van der Waals surface area (Å²) < 4.78 is 2.02. The normalized spacial score (nSPS) is 21.0. The average Bonchev–Trinajstić information content (AvgIpc) is 3.70. The monoisotopic (exact) mass is 790 g/mol. The van der Waals surface area contributed by atoms with Gasteiger partial charge in [-0.05, 0) is 137 Å². The van der Waals surface area contributed by atoms with Crippen LogP contribution in [0.2, 0.25) is 5.02 Å². The molecule has 4 heterocycles. The molecule has 4 aromatic rings. The number of halogens is 1. The summed E-state index contributed by atoms with van der Waals surface area (Å²) in [5.74, 6) is 14.6. The van der Waals surface area contributed by atoms with Gasteiger partial charge in [-0.1, -0.05) is 53.5 Å². The second kappa shape index (κ2) is 17.1. The summed E-state index contributed by atoms with van der Waals surface area (Å²) in [6.07, 6.45) is 7.44. The highest BCUT2D eigenvalue weighted by Crippen LogP contribution is 2.32. The number of benzene rings is 3. The van der Waals surface area contributed by atoms with Crippen molar-refractivity contribution in [1.82, 2.24) is 24.9 Å². The van der Waals surface area contributed by atoms with E-state index in [4.69, 9.17) is 16.7 Å². The van der Waals surface area contributed by atoms with Gasteiger partial charge in [0.15, 0.2) is 0 Å². The third kappa shape index (κ3) is 8.60. The van der Waals surface area contributed by atoms with E-state index >= 15 is 0 Å². The molecule has 9 nitrogen and oxygen atoms in total. The molecule has 1 aliphatic carbocycles. The molecular formula is C48H47ClN6O3. The van der Waals surface area contributed by atoms with E-state index in [1.165, 1.54) is 12.8 Å². The highest BCUT2D eigenvalue weighted by Gasteiger charge is 2.39. The maximum atomic E-state index is 13.0. The molecule has 8 rings (SSSR count). The summed E-state index contributed by atoms with van der Waals surface area (Å²) in [6, 6.07) is 21.2. The first-order chi connectivity index (χ1) is 28.1. The standard InChI is InChI=1S/C48H47ClN6O3/c1-31-32(2)55(52-46(31)39-16-17-40(27-50)43(49)26-39)29-38-13-8-33(9-14-38)3-4-35-21-23-53(24-22-35)28-37-11-6-34(7-12-37)5-10-36-15-18-42-41(25-36)30-54(48(42)58)44-19-20-45(56)51-47(44)57/h8-9,13-18,25-26,34-35,37,44H,6-7,11-12,19-24,28-30H2,1-2H3,(H,51,56,57). The van der Waals surface area contributed by atoms with Gasteiger partial charge in [-0.3, -0.25) is 24.4 Å². The van der Waals surface area contributed by atoms with Crippen molar-refractivity contribution in [3.63, 3.8) is 0 Å². The number of carbonyl (C=O) groups is 3. The van der Waals surface area contributed by atoms with Crippen LogP contribution in [0.25, 0.3) is 11.3 Å². The fraction of sp³-hybridized carbons (Fsp3) is 0.396. The smallest absolute Gasteiger partial charge is 0.255 e. The first kappa shape index (κ1) is 39.2. The molecule has 0 bridgehead atoms. The van der Waals surface area contributed by atoms with E-state index in [0.29, 0.717) is 53.4 Å². The number of hydrogen-bond acceptors (Lipinski definition) is 6. The number of amides is 3. The number of piperidine rings is 2. The molecule has 3 aliphatic heterocycles. The van der Waals surface area contributed by atoms with Crippen LogP contribution in [-0.2, 0) is 22.7 Å². The number of carbonyl (C=O) groups excluding carboxylic acids is 3. The molecule has 4 aliphatic rings. The predicted octanol–water partition coefficient (Wildman–Crippen LogP) is 7.42. The van der Waals surface area contributed by atoms with Crippen LogP contribution in [0.3, 0.4) is 0 Å². The molecule has 0 radical (unpaired) electrons. The van der Waals surface area contributed by atoms with Gasteiger partial charge in [0.05, 0.1) is 22.8 Å². The lowest BCUT2D eigenvalue weighted by Gasteiger charge is -2.35. The molecule has 1 saturated carbocycles. The van der Waals surface area contributed by atoms with Crippen LogP contribution in [0.1, 0.15) is 101 Å². The molecule has 2 saturated heterocycles. The summed E-state index contributed by atoms with van der Waals surface area (Å²) in [5.41, 5.74) is 9.06. The van der Waals surface area contributed by atoms with Gasteiger partial charge in [0.25, 0.3) is 5.91 Å². The van der Waals surface area contributed by atoms with Crippen LogP contribution < -0.4 is 5.32 Å². The predicted molar refractivity (Wildman–Crippen MR) is 223 cm³/mol. The fourth-order valence-electron chi connectivity index (χ4n) is 8.82. The molecular weight excluding hydrogens is 744 g/mol. The Balaban J connectivity index is 0.769. The second-order valence-electron chi connectivity index (χ2n) is 16.3. The lowest BCUT2D eigenvalue weighted by Crippen LogP contribution is -2.52. The maximum absolute atomic E-state index is 13.0. The number of aromatic nitrogens is 2. The molecule has 3 fully saturated rings. The number of imide groups is 1. The minimum Gasteiger partial charge on any atom is -0.322 e. The lowest BCUT2D eigenvalue weighted by atomic mass is 9.81. The Morgan fingerprint density at radius 2 is 1.55 bits per heavy atom. The summed E-state index contributed by atoms with van der Waals surface area (Å²) in [4.78, 5) is 41.2. The first-order valence-electron chi connectivity index (χ1n) is 20.5. The zero-order chi connectivity index (χ0) is 40.3. The van der Waals surface area contributed by atoms with Gasteiger partial charge >= 0.3 is 0 Å². The van der Waals surface area contributed by atoms with Crippen molar-refractivity contribution in [3.05, 3.63) is 110 Å². The van der Waals surface area contributed by atoms with Gasteiger partial charge in [-0.2, -0.15) is 10.4 Å². The van der Waals surface area contributed by atoms with Crippen LogP contribution in [-0.4, -0.2) is 63.0 Å². The van der Waals surface area contributed by atoms with Gasteiger partial charge in [0.1, 0.15) is 12.1 Å². The molecule has 10 heteroatoms. The summed E-state index contributed by atoms with van der Waals surface area (Å²) in [5, 5.41) is 16.9. The Morgan fingerprint density at radius 3 is 2.26 bits per heavy atom. The van der Waals surface area contributed by atoms with Crippen molar-refractivity contribution in [3.8, 4) is 41.0 Å².